The van der Waals surface area contributed by atoms with Gasteiger partial charge < -0.3 is 5.32 Å². The van der Waals surface area contributed by atoms with E-state index >= 15 is 0 Å². The maximum atomic E-state index is 12.2. The second-order valence-electron chi connectivity index (χ2n) is 7.40. The SMILES string of the molecule is CCC(C)S(=O)(=O)NC1CCC(CNc2cnc3ccccc3c2)CC1. The van der Waals surface area contributed by atoms with Crippen LogP contribution in [0.4, 0.5) is 5.69 Å². The van der Waals surface area contributed by atoms with Crippen LogP contribution < -0.4 is 10.0 Å². The molecule has 1 heterocycles. The molecule has 3 rings (SSSR count). The Labute approximate surface area is 156 Å². The summed E-state index contributed by atoms with van der Waals surface area (Å²) < 4.78 is 27.3. The van der Waals surface area contributed by atoms with Gasteiger partial charge in [-0.2, -0.15) is 0 Å². The van der Waals surface area contributed by atoms with Gasteiger partial charge in [0.15, 0.2) is 0 Å². The van der Waals surface area contributed by atoms with Crippen LogP contribution in [0.25, 0.3) is 10.9 Å². The van der Waals surface area contributed by atoms with E-state index in [1.165, 1.54) is 0 Å². The van der Waals surface area contributed by atoms with E-state index in [9.17, 15) is 8.42 Å². The quantitative estimate of drug-likeness (QED) is 0.769. The Morgan fingerprint density at radius 1 is 1.19 bits per heavy atom. The molecule has 1 aliphatic carbocycles. The lowest BCUT2D eigenvalue weighted by Gasteiger charge is -2.30. The molecule has 1 aromatic heterocycles. The maximum Gasteiger partial charge on any atom is 0.214 e. The van der Waals surface area contributed by atoms with E-state index in [-0.39, 0.29) is 11.3 Å². The monoisotopic (exact) mass is 375 g/mol. The van der Waals surface area contributed by atoms with Crippen molar-refractivity contribution in [3.05, 3.63) is 36.5 Å². The van der Waals surface area contributed by atoms with E-state index in [1.807, 2.05) is 31.3 Å². The first-order valence-corrected chi connectivity index (χ1v) is 11.1. The molecule has 1 atom stereocenters. The van der Waals surface area contributed by atoms with Crippen molar-refractivity contribution in [2.24, 2.45) is 5.92 Å². The summed E-state index contributed by atoms with van der Waals surface area (Å²) in [5.74, 6) is 0.575. The van der Waals surface area contributed by atoms with Crippen molar-refractivity contribution in [2.45, 2.75) is 57.2 Å². The second kappa shape index (κ2) is 8.35. The van der Waals surface area contributed by atoms with E-state index in [0.29, 0.717) is 12.3 Å². The van der Waals surface area contributed by atoms with Gasteiger partial charge in [-0.15, -0.1) is 0 Å². The highest BCUT2D eigenvalue weighted by atomic mass is 32.2. The van der Waals surface area contributed by atoms with Crippen molar-refractivity contribution in [3.63, 3.8) is 0 Å². The van der Waals surface area contributed by atoms with Gasteiger partial charge in [-0.05, 0) is 57.1 Å². The van der Waals surface area contributed by atoms with Crippen LogP contribution in [0.5, 0.6) is 0 Å². The summed E-state index contributed by atoms with van der Waals surface area (Å²) in [6, 6.07) is 10.3. The fourth-order valence-corrected chi connectivity index (χ4v) is 4.85. The number of sulfonamides is 1. The molecule has 5 nitrogen and oxygen atoms in total. The van der Waals surface area contributed by atoms with Crippen molar-refractivity contribution in [1.29, 1.82) is 0 Å². The summed E-state index contributed by atoms with van der Waals surface area (Å²) in [5.41, 5.74) is 2.05. The molecule has 1 unspecified atom stereocenters. The number of fused-ring (bicyclic) bond motifs is 1. The third-order valence-corrected chi connectivity index (χ3v) is 7.52. The van der Waals surface area contributed by atoms with Crippen molar-refractivity contribution < 1.29 is 8.42 Å². The third-order valence-electron chi connectivity index (χ3n) is 5.47. The van der Waals surface area contributed by atoms with Gasteiger partial charge in [-0.25, -0.2) is 13.1 Å². The zero-order chi connectivity index (χ0) is 18.6. The number of para-hydroxylation sites is 1. The molecule has 142 valence electrons. The molecule has 0 saturated heterocycles. The first-order valence-electron chi connectivity index (χ1n) is 9.57. The van der Waals surface area contributed by atoms with E-state index in [4.69, 9.17) is 0 Å². The molecule has 1 aliphatic rings. The number of aromatic nitrogens is 1. The fourth-order valence-electron chi connectivity index (χ4n) is 3.48. The Kier molecular flexibility index (Phi) is 6.14. The molecule has 0 amide bonds. The van der Waals surface area contributed by atoms with E-state index < -0.39 is 10.0 Å². The van der Waals surface area contributed by atoms with Gasteiger partial charge in [0.1, 0.15) is 0 Å². The minimum Gasteiger partial charge on any atom is -0.384 e. The number of nitrogens with zero attached hydrogens (tertiary/aromatic N) is 1. The molecule has 1 saturated carbocycles. The highest BCUT2D eigenvalue weighted by Crippen LogP contribution is 2.26. The lowest BCUT2D eigenvalue weighted by atomic mass is 9.86. The number of rotatable bonds is 7. The van der Waals surface area contributed by atoms with E-state index in [0.717, 1.165) is 48.8 Å². The molecule has 0 spiro atoms. The van der Waals surface area contributed by atoms with Gasteiger partial charge in [0.25, 0.3) is 0 Å². The zero-order valence-electron chi connectivity index (χ0n) is 15.6. The zero-order valence-corrected chi connectivity index (χ0v) is 16.4. The first-order chi connectivity index (χ1) is 12.5. The second-order valence-corrected chi connectivity index (χ2v) is 9.53. The molecular weight excluding hydrogens is 346 g/mol. The van der Waals surface area contributed by atoms with Crippen LogP contribution in [-0.2, 0) is 10.0 Å². The van der Waals surface area contributed by atoms with Crippen LogP contribution in [0, 0.1) is 5.92 Å². The fraction of sp³-hybridized carbons (Fsp3) is 0.550. The number of pyridine rings is 1. The molecule has 6 heteroatoms. The lowest BCUT2D eigenvalue weighted by Crippen LogP contribution is -2.42. The highest BCUT2D eigenvalue weighted by Gasteiger charge is 2.27. The number of hydrogen-bond acceptors (Lipinski definition) is 4. The summed E-state index contributed by atoms with van der Waals surface area (Å²) in [6.07, 6.45) is 6.45. The molecule has 0 aliphatic heterocycles. The Bertz CT molecular complexity index is 830. The van der Waals surface area contributed by atoms with Gasteiger partial charge in [0, 0.05) is 18.0 Å². The van der Waals surface area contributed by atoms with Gasteiger partial charge in [-0.1, -0.05) is 25.1 Å². The largest absolute Gasteiger partial charge is 0.384 e. The molecule has 1 fully saturated rings. The Hall–Kier alpha value is -1.66. The van der Waals surface area contributed by atoms with Crippen LogP contribution >= 0.6 is 0 Å². The average molecular weight is 376 g/mol. The number of anilines is 1. The smallest absolute Gasteiger partial charge is 0.214 e. The van der Waals surface area contributed by atoms with Crippen LogP contribution in [0.1, 0.15) is 46.0 Å². The minimum atomic E-state index is -3.18. The van der Waals surface area contributed by atoms with E-state index in [1.54, 1.807) is 6.92 Å². The maximum absolute atomic E-state index is 12.2. The average Bonchev–Trinajstić information content (AvgIpc) is 2.66. The van der Waals surface area contributed by atoms with Crippen LogP contribution in [0.2, 0.25) is 0 Å². The Balaban J connectivity index is 1.48. The van der Waals surface area contributed by atoms with Gasteiger partial charge in [0.2, 0.25) is 10.0 Å². The molecule has 2 aromatic rings. The summed E-state index contributed by atoms with van der Waals surface area (Å²) in [5, 5.41) is 4.32. The molecule has 26 heavy (non-hydrogen) atoms. The molecule has 0 radical (unpaired) electrons. The van der Waals surface area contributed by atoms with Crippen molar-refractivity contribution in [1.82, 2.24) is 9.71 Å². The lowest BCUT2D eigenvalue weighted by molar-refractivity contribution is 0.323. The number of benzene rings is 1. The van der Waals surface area contributed by atoms with Crippen LogP contribution in [0.3, 0.4) is 0 Å². The van der Waals surface area contributed by atoms with E-state index in [2.05, 4.69) is 27.2 Å². The Morgan fingerprint density at radius 3 is 2.65 bits per heavy atom. The summed E-state index contributed by atoms with van der Waals surface area (Å²) in [6.45, 7) is 4.59. The standard InChI is InChI=1S/C20H29N3O2S/c1-3-15(2)26(24,25)23-18-10-8-16(9-11-18)13-21-19-12-17-6-4-5-7-20(17)22-14-19/h4-7,12,14-16,18,21,23H,3,8-11,13H2,1-2H3. The van der Waals surface area contributed by atoms with Crippen LogP contribution in [0.15, 0.2) is 36.5 Å². The van der Waals surface area contributed by atoms with Crippen molar-refractivity contribution in [2.75, 3.05) is 11.9 Å². The molecular formula is C20H29N3O2S. The summed E-state index contributed by atoms with van der Waals surface area (Å²) >= 11 is 0. The number of nitrogens with one attached hydrogen (secondary N) is 2. The van der Waals surface area contributed by atoms with Crippen molar-refractivity contribution >= 4 is 26.6 Å². The third kappa shape index (κ3) is 4.74. The van der Waals surface area contributed by atoms with Crippen LogP contribution in [-0.4, -0.2) is 31.2 Å². The molecule has 1 aromatic carbocycles. The molecule has 2 N–H and O–H groups in total. The summed E-state index contributed by atoms with van der Waals surface area (Å²) in [4.78, 5) is 4.48. The number of hydrogen-bond donors (Lipinski definition) is 2. The Morgan fingerprint density at radius 2 is 1.92 bits per heavy atom. The predicted octanol–water partition coefficient (Wildman–Crippen LogP) is 3.92. The first kappa shape index (κ1) is 19.1. The minimum absolute atomic E-state index is 0.0904. The molecule has 0 bridgehead atoms. The predicted molar refractivity (Wildman–Crippen MR) is 108 cm³/mol. The summed E-state index contributed by atoms with van der Waals surface area (Å²) in [7, 11) is -3.18. The van der Waals surface area contributed by atoms with Gasteiger partial charge in [-0.3, -0.25) is 4.98 Å². The topological polar surface area (TPSA) is 71.1 Å². The highest BCUT2D eigenvalue weighted by molar-refractivity contribution is 7.90. The normalized spacial score (nSPS) is 22.2. The van der Waals surface area contributed by atoms with Gasteiger partial charge >= 0.3 is 0 Å². The van der Waals surface area contributed by atoms with Gasteiger partial charge in [0.05, 0.1) is 22.7 Å². The van der Waals surface area contributed by atoms with Crippen molar-refractivity contribution in [3.8, 4) is 0 Å².